The van der Waals surface area contributed by atoms with Crippen LogP contribution in [0, 0.1) is 0 Å². The molecule has 0 spiro atoms. The lowest BCUT2D eigenvalue weighted by Gasteiger charge is -2.15. The van der Waals surface area contributed by atoms with Gasteiger partial charge in [0.15, 0.2) is 0 Å². The van der Waals surface area contributed by atoms with Crippen LogP contribution in [0.25, 0.3) is 0 Å². The van der Waals surface area contributed by atoms with E-state index >= 15 is 0 Å². The second-order valence-corrected chi connectivity index (χ2v) is 6.67. The van der Waals surface area contributed by atoms with Crippen molar-refractivity contribution in [1.29, 1.82) is 0 Å². The maximum absolute atomic E-state index is 12.0. The average Bonchev–Trinajstić information content (AvgIpc) is 2.57. The van der Waals surface area contributed by atoms with Crippen LogP contribution < -0.4 is 5.32 Å². The first-order valence-corrected chi connectivity index (χ1v) is 7.90. The summed E-state index contributed by atoms with van der Waals surface area (Å²) in [6, 6.07) is 7.37. The van der Waals surface area contributed by atoms with Gasteiger partial charge in [0.25, 0.3) is 5.91 Å². The summed E-state index contributed by atoms with van der Waals surface area (Å²) in [7, 11) is 0. The van der Waals surface area contributed by atoms with Gasteiger partial charge in [0, 0.05) is 23.1 Å². The molecule has 20 heavy (non-hydrogen) atoms. The highest BCUT2D eigenvalue weighted by Crippen LogP contribution is 2.22. The van der Waals surface area contributed by atoms with Crippen molar-refractivity contribution < 1.29 is 9.59 Å². The zero-order chi connectivity index (χ0) is 14.8. The zero-order valence-electron chi connectivity index (χ0n) is 11.5. The second-order valence-electron chi connectivity index (χ2n) is 5.16. The fourth-order valence-electron chi connectivity index (χ4n) is 1.97. The van der Waals surface area contributed by atoms with Gasteiger partial charge >= 0.3 is 6.03 Å². The van der Waals surface area contributed by atoms with Crippen molar-refractivity contribution in [2.45, 2.75) is 25.1 Å². The summed E-state index contributed by atoms with van der Waals surface area (Å²) >= 11 is 7.73. The van der Waals surface area contributed by atoms with Gasteiger partial charge in [-0.15, -0.1) is 0 Å². The SMILES string of the molecule is CC1(C)NC(=O)N(CCSCc2ccccc2Cl)C1=O. The largest absolute Gasteiger partial charge is 0.325 e. The summed E-state index contributed by atoms with van der Waals surface area (Å²) < 4.78 is 0. The third kappa shape index (κ3) is 3.27. The van der Waals surface area contributed by atoms with Crippen LogP contribution in [0.4, 0.5) is 4.79 Å². The summed E-state index contributed by atoms with van der Waals surface area (Å²) in [5.74, 6) is 1.30. The molecule has 0 radical (unpaired) electrons. The number of nitrogens with one attached hydrogen (secondary N) is 1. The van der Waals surface area contributed by atoms with Gasteiger partial charge in [-0.3, -0.25) is 9.69 Å². The Balaban J connectivity index is 1.81. The van der Waals surface area contributed by atoms with Crippen molar-refractivity contribution in [1.82, 2.24) is 10.2 Å². The highest BCUT2D eigenvalue weighted by Gasteiger charge is 2.43. The van der Waals surface area contributed by atoms with Crippen LogP contribution in [0.1, 0.15) is 19.4 Å². The molecule has 1 N–H and O–H groups in total. The van der Waals surface area contributed by atoms with Gasteiger partial charge in [0.2, 0.25) is 0 Å². The van der Waals surface area contributed by atoms with E-state index in [0.29, 0.717) is 12.3 Å². The summed E-state index contributed by atoms with van der Waals surface area (Å²) in [5, 5.41) is 3.41. The first kappa shape index (κ1) is 15.2. The Morgan fingerprint density at radius 1 is 1.30 bits per heavy atom. The van der Waals surface area contributed by atoms with E-state index in [9.17, 15) is 9.59 Å². The number of hydrogen-bond acceptors (Lipinski definition) is 3. The smallest absolute Gasteiger partial charge is 0.324 e. The van der Waals surface area contributed by atoms with Crippen LogP contribution >= 0.6 is 23.4 Å². The number of thioether (sulfide) groups is 1. The number of benzene rings is 1. The number of nitrogens with zero attached hydrogens (tertiary/aromatic N) is 1. The first-order valence-electron chi connectivity index (χ1n) is 6.37. The van der Waals surface area contributed by atoms with E-state index in [1.54, 1.807) is 25.6 Å². The zero-order valence-corrected chi connectivity index (χ0v) is 13.1. The Bertz CT molecular complexity index is 534. The van der Waals surface area contributed by atoms with Gasteiger partial charge in [0.1, 0.15) is 5.54 Å². The minimum Gasteiger partial charge on any atom is -0.324 e. The molecule has 1 aliphatic rings. The molecular weight excluding hydrogens is 296 g/mol. The summed E-state index contributed by atoms with van der Waals surface area (Å²) in [4.78, 5) is 24.9. The Morgan fingerprint density at radius 2 is 2.00 bits per heavy atom. The van der Waals surface area contributed by atoms with E-state index in [1.165, 1.54) is 4.90 Å². The topological polar surface area (TPSA) is 49.4 Å². The predicted octanol–water partition coefficient (Wildman–Crippen LogP) is 2.90. The maximum atomic E-state index is 12.0. The molecule has 1 heterocycles. The molecule has 0 saturated carbocycles. The van der Waals surface area contributed by atoms with Gasteiger partial charge in [-0.1, -0.05) is 29.8 Å². The lowest BCUT2D eigenvalue weighted by molar-refractivity contribution is -0.130. The molecule has 4 nitrogen and oxygen atoms in total. The Labute approximate surface area is 127 Å². The second kappa shape index (κ2) is 6.06. The predicted molar refractivity (Wildman–Crippen MR) is 81.9 cm³/mol. The van der Waals surface area contributed by atoms with Crippen LogP contribution in [-0.2, 0) is 10.5 Å². The fourth-order valence-corrected chi connectivity index (χ4v) is 3.18. The van der Waals surface area contributed by atoms with Gasteiger partial charge < -0.3 is 5.32 Å². The maximum Gasteiger partial charge on any atom is 0.325 e. The molecule has 0 aromatic heterocycles. The molecule has 2 rings (SSSR count). The van der Waals surface area contributed by atoms with Crippen molar-refractivity contribution in [3.05, 3.63) is 34.9 Å². The van der Waals surface area contributed by atoms with Crippen LogP contribution in [0.3, 0.4) is 0 Å². The molecule has 3 amide bonds. The normalized spacial score (nSPS) is 17.4. The van der Waals surface area contributed by atoms with E-state index in [-0.39, 0.29) is 11.9 Å². The number of urea groups is 1. The number of amides is 3. The van der Waals surface area contributed by atoms with Crippen LogP contribution in [0.15, 0.2) is 24.3 Å². The van der Waals surface area contributed by atoms with E-state index in [1.807, 2.05) is 24.3 Å². The standard InChI is InChI=1S/C14H17ClN2O2S/c1-14(2)12(18)17(13(19)16-14)7-8-20-9-10-5-3-4-6-11(10)15/h3-6H,7-9H2,1-2H3,(H,16,19). The molecule has 0 aliphatic carbocycles. The molecule has 1 aromatic rings. The van der Waals surface area contributed by atoms with Crippen molar-refractivity contribution in [2.75, 3.05) is 12.3 Å². The highest BCUT2D eigenvalue weighted by atomic mass is 35.5. The minimum atomic E-state index is -0.787. The summed E-state index contributed by atoms with van der Waals surface area (Å²) in [6.45, 7) is 3.84. The van der Waals surface area contributed by atoms with Gasteiger partial charge in [-0.2, -0.15) is 11.8 Å². The fraction of sp³-hybridized carbons (Fsp3) is 0.429. The molecule has 0 bridgehead atoms. The number of rotatable bonds is 5. The number of carbonyl (C=O) groups is 2. The number of imide groups is 1. The minimum absolute atomic E-state index is 0.166. The van der Waals surface area contributed by atoms with Crippen molar-refractivity contribution in [3.8, 4) is 0 Å². The van der Waals surface area contributed by atoms with E-state index in [2.05, 4.69) is 5.32 Å². The molecule has 6 heteroatoms. The lowest BCUT2D eigenvalue weighted by Crippen LogP contribution is -2.40. The Kier molecular flexibility index (Phi) is 4.60. The van der Waals surface area contributed by atoms with E-state index in [0.717, 1.165) is 16.3 Å². The van der Waals surface area contributed by atoms with Crippen molar-refractivity contribution in [2.24, 2.45) is 0 Å². The number of halogens is 1. The van der Waals surface area contributed by atoms with Crippen LogP contribution in [0.2, 0.25) is 5.02 Å². The average molecular weight is 313 g/mol. The van der Waals surface area contributed by atoms with Crippen LogP contribution in [-0.4, -0.2) is 34.7 Å². The summed E-state index contributed by atoms with van der Waals surface area (Å²) in [6.07, 6.45) is 0. The molecule has 0 unspecified atom stereocenters. The Morgan fingerprint density at radius 3 is 2.60 bits per heavy atom. The van der Waals surface area contributed by atoms with Crippen LogP contribution in [0.5, 0.6) is 0 Å². The lowest BCUT2D eigenvalue weighted by atomic mass is 10.1. The summed E-state index contributed by atoms with van der Waals surface area (Å²) in [5.41, 5.74) is 0.279. The molecule has 108 valence electrons. The molecule has 1 aliphatic heterocycles. The van der Waals surface area contributed by atoms with Gasteiger partial charge in [0.05, 0.1) is 0 Å². The first-order chi connectivity index (χ1) is 9.42. The molecule has 1 fully saturated rings. The highest BCUT2D eigenvalue weighted by molar-refractivity contribution is 7.98. The van der Waals surface area contributed by atoms with Gasteiger partial charge in [-0.05, 0) is 25.5 Å². The number of carbonyl (C=O) groups excluding carboxylic acids is 2. The third-order valence-electron chi connectivity index (χ3n) is 3.12. The Hall–Kier alpha value is -1.20. The van der Waals surface area contributed by atoms with Crippen molar-refractivity contribution >= 4 is 35.3 Å². The molecule has 1 saturated heterocycles. The monoisotopic (exact) mass is 312 g/mol. The van der Waals surface area contributed by atoms with E-state index in [4.69, 9.17) is 11.6 Å². The molecule has 1 aromatic carbocycles. The third-order valence-corrected chi connectivity index (χ3v) is 4.47. The van der Waals surface area contributed by atoms with Gasteiger partial charge in [-0.25, -0.2) is 4.79 Å². The van der Waals surface area contributed by atoms with E-state index < -0.39 is 5.54 Å². The van der Waals surface area contributed by atoms with Crippen molar-refractivity contribution in [3.63, 3.8) is 0 Å². The molecule has 0 atom stereocenters. The number of hydrogen-bond donors (Lipinski definition) is 1. The molecular formula is C14H17ClN2O2S. The quantitative estimate of drug-likeness (QED) is 0.672.